The Morgan fingerprint density at radius 1 is 1.39 bits per heavy atom. The number of nitro benzene ring substituents is 1. The molecule has 1 aliphatic heterocycles. The molecule has 0 aromatic heterocycles. The van der Waals surface area contributed by atoms with Crippen molar-refractivity contribution in [3.63, 3.8) is 0 Å². The summed E-state index contributed by atoms with van der Waals surface area (Å²) in [5.41, 5.74) is -0.121. The number of hydrogen-bond donors (Lipinski definition) is 1. The lowest BCUT2D eigenvalue weighted by atomic mass is 10.0. The van der Waals surface area contributed by atoms with Gasteiger partial charge in [0, 0.05) is 18.7 Å². The second kappa shape index (κ2) is 8.47. The van der Waals surface area contributed by atoms with Crippen LogP contribution in [-0.4, -0.2) is 48.0 Å². The molecule has 0 aliphatic carbocycles. The minimum Gasteiger partial charge on any atom is -0.477 e. The van der Waals surface area contributed by atoms with Gasteiger partial charge in [0.25, 0.3) is 5.91 Å². The highest BCUT2D eigenvalue weighted by Crippen LogP contribution is 2.26. The van der Waals surface area contributed by atoms with Gasteiger partial charge < -0.3 is 15.0 Å². The maximum Gasteiger partial charge on any atom is 0.310 e. The van der Waals surface area contributed by atoms with Crippen molar-refractivity contribution in [3.05, 3.63) is 34.4 Å². The number of rotatable bonds is 7. The number of ether oxygens (including phenoxy) is 1. The van der Waals surface area contributed by atoms with Crippen LogP contribution in [0.25, 0.3) is 0 Å². The van der Waals surface area contributed by atoms with Gasteiger partial charge in [-0.1, -0.05) is 19.1 Å². The maximum absolute atomic E-state index is 12.5. The molecule has 23 heavy (non-hydrogen) atoms. The number of nitro groups is 1. The molecule has 1 fully saturated rings. The van der Waals surface area contributed by atoms with E-state index < -0.39 is 4.92 Å². The third kappa shape index (κ3) is 4.66. The van der Waals surface area contributed by atoms with Crippen LogP contribution in [0.2, 0.25) is 0 Å². The average molecular weight is 321 g/mol. The van der Waals surface area contributed by atoms with Gasteiger partial charge in [0.05, 0.1) is 4.92 Å². The SMILES string of the molecule is CCCN(C(=O)COc1ccccc1[N+](=O)[O-])C1CCNCC1. The first-order valence-corrected chi connectivity index (χ1v) is 8.00. The summed E-state index contributed by atoms with van der Waals surface area (Å²) in [6, 6.07) is 6.34. The zero-order valence-electron chi connectivity index (χ0n) is 13.4. The van der Waals surface area contributed by atoms with Gasteiger partial charge >= 0.3 is 5.69 Å². The summed E-state index contributed by atoms with van der Waals surface area (Å²) in [5, 5.41) is 14.3. The van der Waals surface area contributed by atoms with Gasteiger partial charge in [-0.25, -0.2) is 0 Å². The summed E-state index contributed by atoms with van der Waals surface area (Å²) < 4.78 is 5.43. The van der Waals surface area contributed by atoms with Crippen LogP contribution < -0.4 is 10.1 Å². The number of nitrogens with one attached hydrogen (secondary N) is 1. The van der Waals surface area contributed by atoms with Crippen LogP contribution in [0.3, 0.4) is 0 Å². The summed E-state index contributed by atoms with van der Waals surface area (Å²) in [7, 11) is 0. The Hall–Kier alpha value is -2.15. The van der Waals surface area contributed by atoms with Crippen molar-refractivity contribution in [2.75, 3.05) is 26.2 Å². The number of hydrogen-bond acceptors (Lipinski definition) is 5. The third-order valence-corrected chi connectivity index (χ3v) is 3.95. The second-order valence-electron chi connectivity index (χ2n) is 5.58. The molecule has 2 rings (SSSR count). The van der Waals surface area contributed by atoms with Gasteiger partial charge in [0.1, 0.15) is 0 Å². The summed E-state index contributed by atoms with van der Waals surface area (Å²) in [6.07, 6.45) is 2.73. The van der Waals surface area contributed by atoms with Crippen molar-refractivity contribution in [3.8, 4) is 5.75 Å². The van der Waals surface area contributed by atoms with Crippen LogP contribution in [0.15, 0.2) is 24.3 Å². The van der Waals surface area contributed by atoms with E-state index >= 15 is 0 Å². The fourth-order valence-corrected chi connectivity index (χ4v) is 2.82. The smallest absolute Gasteiger partial charge is 0.310 e. The molecule has 1 aromatic rings. The molecule has 0 saturated carbocycles. The number of benzene rings is 1. The molecule has 1 aromatic carbocycles. The Morgan fingerprint density at radius 3 is 2.74 bits per heavy atom. The predicted octanol–water partition coefficient (Wildman–Crippen LogP) is 1.96. The van der Waals surface area contributed by atoms with Gasteiger partial charge in [0.15, 0.2) is 12.4 Å². The summed E-state index contributed by atoms with van der Waals surface area (Å²) in [4.78, 5) is 24.8. The molecule has 7 heteroatoms. The topological polar surface area (TPSA) is 84.7 Å². The van der Waals surface area contributed by atoms with Crippen LogP contribution >= 0.6 is 0 Å². The van der Waals surface area contributed by atoms with Gasteiger partial charge in [-0.3, -0.25) is 14.9 Å². The zero-order valence-corrected chi connectivity index (χ0v) is 13.4. The number of piperidine rings is 1. The van der Waals surface area contributed by atoms with E-state index in [1.807, 2.05) is 11.8 Å². The molecule has 0 unspecified atom stereocenters. The highest BCUT2D eigenvalue weighted by molar-refractivity contribution is 5.78. The van der Waals surface area contributed by atoms with Crippen molar-refractivity contribution in [2.45, 2.75) is 32.2 Å². The van der Waals surface area contributed by atoms with E-state index in [4.69, 9.17) is 4.74 Å². The van der Waals surface area contributed by atoms with Crippen molar-refractivity contribution < 1.29 is 14.5 Å². The Kier molecular flexibility index (Phi) is 6.34. The van der Waals surface area contributed by atoms with Gasteiger partial charge in [-0.15, -0.1) is 0 Å². The molecule has 1 amide bonds. The van der Waals surface area contributed by atoms with E-state index in [-0.39, 0.29) is 30.0 Å². The van der Waals surface area contributed by atoms with Gasteiger partial charge in [0.2, 0.25) is 0 Å². The van der Waals surface area contributed by atoms with Gasteiger partial charge in [-0.05, 0) is 38.4 Å². The number of carbonyl (C=O) groups is 1. The van der Waals surface area contributed by atoms with Gasteiger partial charge in [-0.2, -0.15) is 0 Å². The normalized spacial score (nSPS) is 15.2. The van der Waals surface area contributed by atoms with Crippen molar-refractivity contribution in [1.29, 1.82) is 0 Å². The molecule has 0 radical (unpaired) electrons. The molecular weight excluding hydrogens is 298 g/mol. The summed E-state index contributed by atoms with van der Waals surface area (Å²) in [5.74, 6) is 0.0181. The van der Waals surface area contributed by atoms with Crippen LogP contribution in [-0.2, 0) is 4.79 Å². The lowest BCUT2D eigenvalue weighted by Gasteiger charge is -2.34. The number of carbonyl (C=O) groups excluding carboxylic acids is 1. The highest BCUT2D eigenvalue weighted by atomic mass is 16.6. The van der Waals surface area contributed by atoms with Crippen molar-refractivity contribution in [2.24, 2.45) is 0 Å². The maximum atomic E-state index is 12.5. The first-order chi connectivity index (χ1) is 11.1. The first-order valence-electron chi connectivity index (χ1n) is 8.00. The predicted molar refractivity (Wildman–Crippen MR) is 86.5 cm³/mol. The van der Waals surface area contributed by atoms with E-state index in [0.29, 0.717) is 6.54 Å². The Morgan fingerprint density at radius 2 is 2.09 bits per heavy atom. The molecule has 1 N–H and O–H groups in total. The third-order valence-electron chi connectivity index (χ3n) is 3.95. The van der Waals surface area contributed by atoms with E-state index in [1.165, 1.54) is 12.1 Å². The second-order valence-corrected chi connectivity index (χ2v) is 5.58. The summed E-state index contributed by atoms with van der Waals surface area (Å²) in [6.45, 7) is 4.36. The minimum absolute atomic E-state index is 0.114. The van der Waals surface area contributed by atoms with Crippen LogP contribution in [0.1, 0.15) is 26.2 Å². The zero-order chi connectivity index (χ0) is 16.7. The quantitative estimate of drug-likeness (QED) is 0.613. The molecule has 1 heterocycles. The van der Waals surface area contributed by atoms with E-state index in [0.717, 1.165) is 32.4 Å². The largest absolute Gasteiger partial charge is 0.477 e. The Bertz CT molecular complexity index is 544. The highest BCUT2D eigenvalue weighted by Gasteiger charge is 2.25. The van der Waals surface area contributed by atoms with Crippen LogP contribution in [0, 0.1) is 10.1 Å². The molecule has 1 saturated heterocycles. The minimum atomic E-state index is -0.504. The Labute approximate surface area is 135 Å². The molecule has 7 nitrogen and oxygen atoms in total. The molecule has 0 atom stereocenters. The average Bonchev–Trinajstić information content (AvgIpc) is 2.58. The molecular formula is C16H23N3O4. The number of nitrogens with zero attached hydrogens (tertiary/aromatic N) is 2. The fraction of sp³-hybridized carbons (Fsp3) is 0.562. The molecule has 0 spiro atoms. The summed E-state index contributed by atoms with van der Waals surface area (Å²) >= 11 is 0. The first kappa shape index (κ1) is 17.2. The van der Waals surface area contributed by atoms with E-state index in [2.05, 4.69) is 5.32 Å². The van der Waals surface area contributed by atoms with Crippen molar-refractivity contribution >= 4 is 11.6 Å². The lowest BCUT2D eigenvalue weighted by Crippen LogP contribution is -2.48. The van der Waals surface area contributed by atoms with E-state index in [1.54, 1.807) is 12.1 Å². The monoisotopic (exact) mass is 321 g/mol. The van der Waals surface area contributed by atoms with Crippen LogP contribution in [0.4, 0.5) is 5.69 Å². The molecule has 126 valence electrons. The Balaban J connectivity index is 2.00. The fourth-order valence-electron chi connectivity index (χ4n) is 2.82. The van der Waals surface area contributed by atoms with E-state index in [9.17, 15) is 14.9 Å². The standard InChI is InChI=1S/C16H23N3O4/c1-2-11-18(13-7-9-17-10-8-13)16(20)12-23-15-6-4-3-5-14(15)19(21)22/h3-6,13,17H,2,7-12H2,1H3. The number of para-hydroxylation sites is 2. The molecule has 1 aliphatic rings. The van der Waals surface area contributed by atoms with Crippen LogP contribution in [0.5, 0.6) is 5.75 Å². The van der Waals surface area contributed by atoms with Crippen molar-refractivity contribution in [1.82, 2.24) is 10.2 Å². The number of amides is 1. The lowest BCUT2D eigenvalue weighted by molar-refractivity contribution is -0.385. The molecule has 0 bridgehead atoms.